The van der Waals surface area contributed by atoms with Crippen LogP contribution in [-0.2, 0) is 12.4 Å². The van der Waals surface area contributed by atoms with E-state index in [1.54, 1.807) is 0 Å². The van der Waals surface area contributed by atoms with Crippen molar-refractivity contribution in [2.75, 3.05) is 18.4 Å². The van der Waals surface area contributed by atoms with Gasteiger partial charge in [-0.1, -0.05) is 6.07 Å². The van der Waals surface area contributed by atoms with Gasteiger partial charge in [-0.2, -0.15) is 26.3 Å². The number of pyridine rings is 2. The van der Waals surface area contributed by atoms with Gasteiger partial charge in [-0.15, -0.1) is 0 Å². The molecule has 0 radical (unpaired) electrons. The lowest BCUT2D eigenvalue weighted by Crippen LogP contribution is -2.30. The van der Waals surface area contributed by atoms with Gasteiger partial charge in [-0.3, -0.25) is 4.79 Å². The Morgan fingerprint density at radius 1 is 0.926 bits per heavy atom. The molecule has 0 bridgehead atoms. The Hall–Kier alpha value is -2.85. The second kappa shape index (κ2) is 7.80. The standard InChI is InChI=1S/C16H14F6N4O/c1-9-10(5-6-12(25-9)16(20,21)22)14(27)24-8-7-23-13-4-2-3-11(26-13)15(17,18)19/h2-6H,7-8H2,1H3,(H,23,26)(H,24,27). The third kappa shape index (κ3) is 5.56. The van der Waals surface area contributed by atoms with Crippen molar-refractivity contribution < 1.29 is 31.1 Å². The lowest BCUT2D eigenvalue weighted by Gasteiger charge is -2.12. The van der Waals surface area contributed by atoms with Crippen molar-refractivity contribution in [2.24, 2.45) is 0 Å². The fraction of sp³-hybridized carbons (Fsp3) is 0.312. The average molecular weight is 392 g/mol. The van der Waals surface area contributed by atoms with E-state index in [1.165, 1.54) is 19.1 Å². The Labute approximate surface area is 149 Å². The maximum absolute atomic E-state index is 12.6. The fourth-order valence-corrected chi connectivity index (χ4v) is 2.11. The van der Waals surface area contributed by atoms with Crippen molar-refractivity contribution in [3.05, 3.63) is 53.0 Å². The molecule has 0 spiro atoms. The summed E-state index contributed by atoms with van der Waals surface area (Å²) >= 11 is 0. The van der Waals surface area contributed by atoms with Crippen molar-refractivity contribution in [1.29, 1.82) is 0 Å². The van der Waals surface area contributed by atoms with Gasteiger partial charge in [0.1, 0.15) is 17.2 Å². The molecule has 1 amide bonds. The summed E-state index contributed by atoms with van der Waals surface area (Å²) in [6.07, 6.45) is -9.18. The number of aryl methyl sites for hydroxylation is 1. The smallest absolute Gasteiger partial charge is 0.368 e. The highest BCUT2D eigenvalue weighted by Crippen LogP contribution is 2.29. The second-order valence-corrected chi connectivity index (χ2v) is 5.42. The predicted octanol–water partition coefficient (Wildman–Crippen LogP) is 3.66. The first-order valence-electron chi connectivity index (χ1n) is 7.59. The third-order valence-electron chi connectivity index (χ3n) is 3.38. The largest absolute Gasteiger partial charge is 0.433 e. The first kappa shape index (κ1) is 20.5. The summed E-state index contributed by atoms with van der Waals surface area (Å²) < 4.78 is 75.4. The molecule has 27 heavy (non-hydrogen) atoms. The summed E-state index contributed by atoms with van der Waals surface area (Å²) in [4.78, 5) is 18.8. The van der Waals surface area contributed by atoms with E-state index in [0.29, 0.717) is 6.07 Å². The molecule has 0 aliphatic rings. The van der Waals surface area contributed by atoms with Crippen LogP contribution in [0, 0.1) is 6.92 Å². The number of amides is 1. The topological polar surface area (TPSA) is 66.9 Å². The molecule has 0 fully saturated rings. The van der Waals surface area contributed by atoms with Gasteiger partial charge in [-0.05, 0) is 31.2 Å². The molecule has 0 saturated carbocycles. The number of hydrogen-bond acceptors (Lipinski definition) is 4. The summed E-state index contributed by atoms with van der Waals surface area (Å²) in [5, 5.41) is 5.06. The number of halogens is 6. The molecule has 0 atom stereocenters. The van der Waals surface area contributed by atoms with E-state index in [9.17, 15) is 31.1 Å². The molecule has 2 aromatic heterocycles. The number of anilines is 1. The van der Waals surface area contributed by atoms with Gasteiger partial charge in [0.05, 0.1) is 11.3 Å². The van der Waals surface area contributed by atoms with Crippen LogP contribution < -0.4 is 10.6 Å². The first-order valence-corrected chi connectivity index (χ1v) is 7.59. The molecule has 2 N–H and O–H groups in total. The summed E-state index contributed by atoms with van der Waals surface area (Å²) in [5.41, 5.74) is -2.27. The molecule has 5 nitrogen and oxygen atoms in total. The molecule has 0 unspecified atom stereocenters. The van der Waals surface area contributed by atoms with E-state index >= 15 is 0 Å². The molecule has 0 saturated heterocycles. The highest BCUT2D eigenvalue weighted by atomic mass is 19.4. The van der Waals surface area contributed by atoms with Crippen LogP contribution in [-0.4, -0.2) is 29.0 Å². The molecular formula is C16H14F6N4O. The lowest BCUT2D eigenvalue weighted by molar-refractivity contribution is -0.141. The van der Waals surface area contributed by atoms with E-state index < -0.39 is 29.6 Å². The number of carbonyl (C=O) groups excluding carboxylic acids is 1. The van der Waals surface area contributed by atoms with Gasteiger partial charge in [0.25, 0.3) is 5.91 Å². The zero-order valence-corrected chi connectivity index (χ0v) is 13.9. The molecule has 146 valence electrons. The fourth-order valence-electron chi connectivity index (χ4n) is 2.11. The summed E-state index contributed by atoms with van der Waals surface area (Å²) in [5.74, 6) is -0.668. The number of hydrogen-bond donors (Lipinski definition) is 2. The van der Waals surface area contributed by atoms with Crippen molar-refractivity contribution in [1.82, 2.24) is 15.3 Å². The lowest BCUT2D eigenvalue weighted by atomic mass is 10.1. The highest BCUT2D eigenvalue weighted by molar-refractivity contribution is 5.95. The zero-order chi connectivity index (χ0) is 20.2. The van der Waals surface area contributed by atoms with Crippen LogP contribution in [0.5, 0.6) is 0 Å². The van der Waals surface area contributed by atoms with E-state index in [-0.39, 0.29) is 30.2 Å². The minimum absolute atomic E-state index is 0.0111. The number of rotatable bonds is 5. The van der Waals surface area contributed by atoms with Crippen LogP contribution in [0.15, 0.2) is 30.3 Å². The van der Waals surface area contributed by atoms with Crippen molar-refractivity contribution in [3.63, 3.8) is 0 Å². The maximum Gasteiger partial charge on any atom is 0.433 e. The molecule has 0 aliphatic heterocycles. The molecule has 2 heterocycles. The Kier molecular flexibility index (Phi) is 5.91. The number of nitrogens with zero attached hydrogens (tertiary/aromatic N) is 2. The Balaban J connectivity index is 1.90. The number of nitrogens with one attached hydrogen (secondary N) is 2. The Bertz CT molecular complexity index is 819. The summed E-state index contributed by atoms with van der Waals surface area (Å²) in [6, 6.07) is 5.07. The van der Waals surface area contributed by atoms with Gasteiger partial charge in [0.2, 0.25) is 0 Å². The number of aromatic nitrogens is 2. The van der Waals surface area contributed by atoms with Gasteiger partial charge in [0.15, 0.2) is 0 Å². The normalized spacial score (nSPS) is 12.0. The van der Waals surface area contributed by atoms with Crippen LogP contribution in [0.2, 0.25) is 0 Å². The molecular weight excluding hydrogens is 378 g/mol. The SMILES string of the molecule is Cc1nc(C(F)(F)F)ccc1C(=O)NCCNc1cccc(C(F)(F)F)n1. The van der Waals surface area contributed by atoms with Crippen LogP contribution in [0.3, 0.4) is 0 Å². The van der Waals surface area contributed by atoms with E-state index in [0.717, 1.165) is 12.1 Å². The molecule has 2 rings (SSSR count). The second-order valence-electron chi connectivity index (χ2n) is 5.42. The summed E-state index contributed by atoms with van der Waals surface area (Å²) in [6.45, 7) is 1.35. The average Bonchev–Trinajstić information content (AvgIpc) is 2.57. The quantitative estimate of drug-likeness (QED) is 0.602. The zero-order valence-electron chi connectivity index (χ0n) is 13.9. The van der Waals surface area contributed by atoms with Crippen LogP contribution in [0.1, 0.15) is 27.4 Å². The van der Waals surface area contributed by atoms with Crippen molar-refractivity contribution in [2.45, 2.75) is 19.3 Å². The molecule has 0 aliphatic carbocycles. The number of carbonyl (C=O) groups is 1. The van der Waals surface area contributed by atoms with Crippen LogP contribution in [0.25, 0.3) is 0 Å². The highest BCUT2D eigenvalue weighted by Gasteiger charge is 2.33. The van der Waals surface area contributed by atoms with Gasteiger partial charge in [-0.25, -0.2) is 9.97 Å². The number of alkyl halides is 6. The van der Waals surface area contributed by atoms with E-state index in [1.807, 2.05) is 0 Å². The van der Waals surface area contributed by atoms with Gasteiger partial charge >= 0.3 is 12.4 Å². The molecule has 2 aromatic rings. The van der Waals surface area contributed by atoms with Crippen LogP contribution >= 0.6 is 0 Å². The van der Waals surface area contributed by atoms with E-state index in [2.05, 4.69) is 20.6 Å². The summed E-state index contributed by atoms with van der Waals surface area (Å²) in [7, 11) is 0. The molecule has 11 heteroatoms. The minimum Gasteiger partial charge on any atom is -0.368 e. The first-order chi connectivity index (χ1) is 12.5. The third-order valence-corrected chi connectivity index (χ3v) is 3.38. The predicted molar refractivity (Wildman–Crippen MR) is 84.0 cm³/mol. The van der Waals surface area contributed by atoms with E-state index in [4.69, 9.17) is 0 Å². The molecule has 0 aromatic carbocycles. The monoisotopic (exact) mass is 392 g/mol. The van der Waals surface area contributed by atoms with Crippen molar-refractivity contribution >= 4 is 11.7 Å². The van der Waals surface area contributed by atoms with Crippen LogP contribution in [0.4, 0.5) is 32.2 Å². The maximum atomic E-state index is 12.6. The van der Waals surface area contributed by atoms with Crippen molar-refractivity contribution in [3.8, 4) is 0 Å². The Morgan fingerprint density at radius 2 is 1.56 bits per heavy atom. The van der Waals surface area contributed by atoms with Gasteiger partial charge in [0, 0.05) is 13.1 Å². The minimum atomic E-state index is -4.61. The Morgan fingerprint density at radius 3 is 2.15 bits per heavy atom. The van der Waals surface area contributed by atoms with Gasteiger partial charge < -0.3 is 10.6 Å².